The molecule has 0 spiro atoms. The standard InChI is InChI=1S/C8H6F2N2O4/c1-16-7-5(12(14)15)2-4(3-13)11-6(7)8(9)10/h2-3,8H,1H3. The molecule has 16 heavy (non-hydrogen) atoms. The maximum absolute atomic E-state index is 12.5. The number of carbonyl (C=O) groups excluding carboxylic acids is 1. The molecule has 1 rings (SSSR count). The van der Waals surface area contributed by atoms with Crippen LogP contribution in [0.25, 0.3) is 0 Å². The fourth-order valence-electron chi connectivity index (χ4n) is 1.11. The van der Waals surface area contributed by atoms with Crippen LogP contribution in [0.15, 0.2) is 6.07 Å². The number of hydrogen-bond acceptors (Lipinski definition) is 5. The van der Waals surface area contributed by atoms with Gasteiger partial charge in [-0.15, -0.1) is 0 Å². The zero-order valence-electron chi connectivity index (χ0n) is 8.02. The van der Waals surface area contributed by atoms with Crippen molar-refractivity contribution in [2.24, 2.45) is 0 Å². The molecule has 1 aromatic rings. The highest BCUT2D eigenvalue weighted by Crippen LogP contribution is 2.35. The first-order valence-corrected chi connectivity index (χ1v) is 3.98. The molecule has 1 heterocycles. The number of rotatable bonds is 4. The van der Waals surface area contributed by atoms with Crippen molar-refractivity contribution in [2.75, 3.05) is 7.11 Å². The van der Waals surface area contributed by atoms with Crippen molar-refractivity contribution in [2.45, 2.75) is 6.43 Å². The number of ether oxygens (including phenoxy) is 1. The van der Waals surface area contributed by atoms with Crippen LogP contribution >= 0.6 is 0 Å². The van der Waals surface area contributed by atoms with Crippen LogP contribution in [0.4, 0.5) is 14.5 Å². The predicted molar refractivity (Wildman–Crippen MR) is 47.8 cm³/mol. The summed E-state index contributed by atoms with van der Waals surface area (Å²) in [6.07, 6.45) is -2.91. The van der Waals surface area contributed by atoms with Crippen molar-refractivity contribution in [3.05, 3.63) is 27.6 Å². The molecule has 86 valence electrons. The third kappa shape index (κ3) is 2.10. The van der Waals surface area contributed by atoms with Gasteiger partial charge in [0.05, 0.1) is 12.0 Å². The zero-order valence-corrected chi connectivity index (χ0v) is 8.02. The summed E-state index contributed by atoms with van der Waals surface area (Å²) in [5.41, 5.74) is -2.07. The molecule has 1 aromatic heterocycles. The summed E-state index contributed by atoms with van der Waals surface area (Å²) in [7, 11) is 1.01. The maximum Gasteiger partial charge on any atom is 0.315 e. The van der Waals surface area contributed by atoms with Gasteiger partial charge in [0, 0.05) is 6.07 Å². The minimum Gasteiger partial charge on any atom is -0.489 e. The summed E-state index contributed by atoms with van der Waals surface area (Å²) < 4.78 is 29.5. The van der Waals surface area contributed by atoms with E-state index in [0.29, 0.717) is 0 Å². The van der Waals surface area contributed by atoms with Gasteiger partial charge in [-0.25, -0.2) is 13.8 Å². The van der Waals surface area contributed by atoms with E-state index in [0.717, 1.165) is 13.2 Å². The van der Waals surface area contributed by atoms with Crippen molar-refractivity contribution in [1.29, 1.82) is 0 Å². The van der Waals surface area contributed by atoms with Crippen LogP contribution in [0, 0.1) is 10.1 Å². The van der Waals surface area contributed by atoms with E-state index in [1.54, 1.807) is 0 Å². The minimum absolute atomic E-state index is 0.151. The molecule has 0 aliphatic heterocycles. The number of carbonyl (C=O) groups is 1. The SMILES string of the molecule is COc1c([N+](=O)[O-])cc(C=O)nc1C(F)F. The maximum atomic E-state index is 12.5. The number of alkyl halides is 2. The summed E-state index contributed by atoms with van der Waals surface area (Å²) in [5.74, 6) is -0.634. The number of halogens is 2. The van der Waals surface area contributed by atoms with E-state index in [2.05, 4.69) is 9.72 Å². The number of hydrogen-bond donors (Lipinski definition) is 0. The molecular formula is C8H6F2N2O4. The Bertz CT molecular complexity index is 436. The number of pyridine rings is 1. The van der Waals surface area contributed by atoms with Crippen LogP contribution in [0.5, 0.6) is 5.75 Å². The molecule has 0 bridgehead atoms. The van der Waals surface area contributed by atoms with Crippen molar-refractivity contribution >= 4 is 12.0 Å². The molecular weight excluding hydrogens is 226 g/mol. The van der Waals surface area contributed by atoms with Gasteiger partial charge < -0.3 is 4.74 Å². The summed E-state index contributed by atoms with van der Waals surface area (Å²) in [6.45, 7) is 0. The third-order valence-electron chi connectivity index (χ3n) is 1.73. The van der Waals surface area contributed by atoms with E-state index in [9.17, 15) is 23.7 Å². The second-order valence-corrected chi connectivity index (χ2v) is 2.66. The van der Waals surface area contributed by atoms with E-state index in [1.807, 2.05) is 0 Å². The fourth-order valence-corrected chi connectivity index (χ4v) is 1.11. The first-order chi connectivity index (χ1) is 7.51. The Hall–Kier alpha value is -2.12. The Morgan fingerprint density at radius 1 is 1.62 bits per heavy atom. The highest BCUT2D eigenvalue weighted by Gasteiger charge is 2.26. The smallest absolute Gasteiger partial charge is 0.315 e. The number of nitrogens with zero attached hydrogens (tertiary/aromatic N) is 2. The molecule has 0 N–H and O–H groups in total. The molecule has 0 radical (unpaired) electrons. The highest BCUT2D eigenvalue weighted by molar-refractivity contribution is 5.74. The molecule has 0 amide bonds. The molecule has 0 fully saturated rings. The lowest BCUT2D eigenvalue weighted by molar-refractivity contribution is -0.386. The third-order valence-corrected chi connectivity index (χ3v) is 1.73. The quantitative estimate of drug-likeness (QED) is 0.448. The van der Waals surface area contributed by atoms with E-state index in [-0.39, 0.29) is 6.29 Å². The summed E-state index contributed by atoms with van der Waals surface area (Å²) in [4.78, 5) is 23.3. The van der Waals surface area contributed by atoms with Gasteiger partial charge in [0.15, 0.2) is 12.0 Å². The van der Waals surface area contributed by atoms with Gasteiger partial charge in [-0.1, -0.05) is 0 Å². The molecule has 0 aliphatic carbocycles. The Labute approximate surface area is 88.0 Å². The second-order valence-electron chi connectivity index (χ2n) is 2.66. The number of aldehydes is 1. The Kier molecular flexibility index (Phi) is 3.44. The van der Waals surface area contributed by atoms with Crippen LogP contribution in [0.3, 0.4) is 0 Å². The van der Waals surface area contributed by atoms with Gasteiger partial charge in [0.1, 0.15) is 5.69 Å². The van der Waals surface area contributed by atoms with Gasteiger partial charge in [-0.2, -0.15) is 0 Å². The lowest BCUT2D eigenvalue weighted by Gasteiger charge is -2.07. The molecule has 0 unspecified atom stereocenters. The first-order valence-electron chi connectivity index (χ1n) is 3.98. The first kappa shape index (κ1) is 12.0. The van der Waals surface area contributed by atoms with E-state index in [1.165, 1.54) is 0 Å². The highest BCUT2D eigenvalue weighted by atomic mass is 19.3. The average molecular weight is 232 g/mol. The Morgan fingerprint density at radius 3 is 2.62 bits per heavy atom. The van der Waals surface area contributed by atoms with Crippen LogP contribution in [-0.2, 0) is 0 Å². The average Bonchev–Trinajstić information content (AvgIpc) is 2.26. The van der Waals surface area contributed by atoms with E-state index in [4.69, 9.17) is 0 Å². The Morgan fingerprint density at radius 2 is 2.25 bits per heavy atom. The van der Waals surface area contributed by atoms with Crippen LogP contribution in [-0.4, -0.2) is 23.3 Å². The molecule has 0 atom stereocenters. The topological polar surface area (TPSA) is 82.3 Å². The van der Waals surface area contributed by atoms with E-state index < -0.39 is 34.2 Å². The largest absolute Gasteiger partial charge is 0.489 e. The molecule has 6 nitrogen and oxygen atoms in total. The zero-order chi connectivity index (χ0) is 12.3. The summed E-state index contributed by atoms with van der Waals surface area (Å²) in [5, 5.41) is 10.6. The number of aromatic nitrogens is 1. The van der Waals surface area contributed by atoms with Crippen LogP contribution < -0.4 is 4.74 Å². The Balaban J connectivity index is 3.52. The molecule has 0 saturated carbocycles. The van der Waals surface area contributed by atoms with E-state index >= 15 is 0 Å². The number of methoxy groups -OCH3 is 1. The van der Waals surface area contributed by atoms with Crippen molar-refractivity contribution in [3.8, 4) is 5.75 Å². The lowest BCUT2D eigenvalue weighted by atomic mass is 10.2. The van der Waals surface area contributed by atoms with Gasteiger partial charge in [0.2, 0.25) is 5.75 Å². The van der Waals surface area contributed by atoms with Gasteiger partial charge in [0.25, 0.3) is 6.43 Å². The summed E-state index contributed by atoms with van der Waals surface area (Å²) >= 11 is 0. The number of nitro groups is 1. The minimum atomic E-state index is -3.06. The fraction of sp³-hybridized carbons (Fsp3) is 0.250. The van der Waals surface area contributed by atoms with Crippen LogP contribution in [0.2, 0.25) is 0 Å². The van der Waals surface area contributed by atoms with Crippen molar-refractivity contribution in [3.63, 3.8) is 0 Å². The summed E-state index contributed by atoms with van der Waals surface area (Å²) in [6, 6.07) is 0.776. The molecule has 0 saturated heterocycles. The second kappa shape index (κ2) is 4.60. The molecule has 0 aliphatic rings. The molecule has 8 heteroatoms. The van der Waals surface area contributed by atoms with Gasteiger partial charge in [-0.05, 0) is 0 Å². The lowest BCUT2D eigenvalue weighted by Crippen LogP contribution is -2.04. The monoisotopic (exact) mass is 232 g/mol. The van der Waals surface area contributed by atoms with Crippen molar-refractivity contribution < 1.29 is 23.2 Å². The van der Waals surface area contributed by atoms with Crippen LogP contribution in [0.1, 0.15) is 22.6 Å². The van der Waals surface area contributed by atoms with Crippen molar-refractivity contribution in [1.82, 2.24) is 4.98 Å². The predicted octanol–water partition coefficient (Wildman–Crippen LogP) is 1.75. The van der Waals surface area contributed by atoms with Gasteiger partial charge >= 0.3 is 5.69 Å². The molecule has 0 aromatic carbocycles. The normalized spacial score (nSPS) is 10.2. The van der Waals surface area contributed by atoms with Gasteiger partial charge in [-0.3, -0.25) is 14.9 Å².